The van der Waals surface area contributed by atoms with Gasteiger partial charge in [0.1, 0.15) is 0 Å². The SMILES string of the molecule is O=NCCN(CCN=O)CP(CN(CCO)CCO)CN(CCO)CCO. The molecule has 0 atom stereocenters. The largest absolute Gasteiger partial charge is 0.395 e. The highest BCUT2D eigenvalue weighted by Crippen LogP contribution is 2.37. The summed E-state index contributed by atoms with van der Waals surface area (Å²) in [4.78, 5) is 26.9. The topological polar surface area (TPSA) is 150 Å². The maximum atomic E-state index is 10.5. The summed E-state index contributed by atoms with van der Waals surface area (Å²) < 4.78 is 0. The van der Waals surface area contributed by atoms with Gasteiger partial charge in [-0.1, -0.05) is 18.3 Å². The molecule has 0 saturated heterocycles. The second-order valence-corrected chi connectivity index (χ2v) is 8.24. The fourth-order valence-electron chi connectivity index (χ4n) is 2.67. The Hall–Kier alpha value is -0.650. The van der Waals surface area contributed by atoms with Crippen LogP contribution in [0.3, 0.4) is 0 Å². The first-order chi connectivity index (χ1) is 13.1. The van der Waals surface area contributed by atoms with Gasteiger partial charge in [0.05, 0.1) is 39.5 Å². The van der Waals surface area contributed by atoms with Gasteiger partial charge in [0.15, 0.2) is 0 Å². The van der Waals surface area contributed by atoms with Crippen LogP contribution in [-0.2, 0) is 0 Å². The molecule has 4 N–H and O–H groups in total. The van der Waals surface area contributed by atoms with Gasteiger partial charge in [-0.3, -0.25) is 14.7 Å². The standard InChI is InChI=1S/C15H34N5O6P/c21-9-5-19(6-10-22)14-27(15-20(7-11-23)8-12-24)13-18(3-1-16-25)4-2-17-26/h21-24H,1-15H2. The summed E-state index contributed by atoms with van der Waals surface area (Å²) in [5, 5.41) is 42.7. The van der Waals surface area contributed by atoms with E-state index in [2.05, 4.69) is 10.4 Å². The number of aliphatic hydroxyl groups is 4. The highest BCUT2D eigenvalue weighted by atomic mass is 31.1. The summed E-state index contributed by atoms with van der Waals surface area (Å²) in [7, 11) is -0.712. The number of hydrogen-bond donors (Lipinski definition) is 4. The molecule has 0 saturated carbocycles. The monoisotopic (exact) mass is 411 g/mol. The lowest BCUT2D eigenvalue weighted by Crippen LogP contribution is -2.38. The molecule has 0 radical (unpaired) electrons. The average Bonchev–Trinajstić information content (AvgIpc) is 2.64. The van der Waals surface area contributed by atoms with Crippen molar-refractivity contribution < 1.29 is 20.4 Å². The molecule has 0 rings (SSSR count). The van der Waals surface area contributed by atoms with Crippen molar-refractivity contribution in [3.8, 4) is 0 Å². The molecule has 0 spiro atoms. The van der Waals surface area contributed by atoms with E-state index in [9.17, 15) is 30.2 Å². The summed E-state index contributed by atoms with van der Waals surface area (Å²) in [6.45, 7) is 2.76. The highest BCUT2D eigenvalue weighted by Gasteiger charge is 2.20. The van der Waals surface area contributed by atoms with E-state index in [0.29, 0.717) is 58.1 Å². The third-order valence-corrected chi connectivity index (χ3v) is 6.28. The third-order valence-electron chi connectivity index (χ3n) is 3.88. The van der Waals surface area contributed by atoms with Crippen molar-refractivity contribution in [3.05, 3.63) is 9.81 Å². The smallest absolute Gasteiger partial charge is 0.0938 e. The molecule has 0 aromatic heterocycles. The Morgan fingerprint density at radius 3 is 1.11 bits per heavy atom. The van der Waals surface area contributed by atoms with Crippen LogP contribution in [0.1, 0.15) is 0 Å². The molecule has 0 aliphatic heterocycles. The van der Waals surface area contributed by atoms with Crippen molar-refractivity contribution in [1.29, 1.82) is 0 Å². The molecule has 0 aromatic rings. The Kier molecular flexibility index (Phi) is 18.3. The Morgan fingerprint density at radius 2 is 0.852 bits per heavy atom. The first-order valence-corrected chi connectivity index (χ1v) is 11.0. The van der Waals surface area contributed by atoms with Crippen LogP contribution in [0.4, 0.5) is 0 Å². The van der Waals surface area contributed by atoms with E-state index >= 15 is 0 Å². The van der Waals surface area contributed by atoms with Crippen LogP contribution in [0.5, 0.6) is 0 Å². The van der Waals surface area contributed by atoms with E-state index in [0.717, 1.165) is 0 Å². The van der Waals surface area contributed by atoms with E-state index < -0.39 is 7.92 Å². The minimum Gasteiger partial charge on any atom is -0.395 e. The van der Waals surface area contributed by atoms with Crippen molar-refractivity contribution in [2.45, 2.75) is 0 Å². The van der Waals surface area contributed by atoms with Crippen LogP contribution >= 0.6 is 7.92 Å². The Morgan fingerprint density at radius 1 is 0.556 bits per heavy atom. The summed E-state index contributed by atoms with van der Waals surface area (Å²) in [5.41, 5.74) is 0. The Labute approximate surface area is 161 Å². The molecule has 0 aliphatic carbocycles. The van der Waals surface area contributed by atoms with Gasteiger partial charge < -0.3 is 20.4 Å². The zero-order chi connectivity index (χ0) is 20.3. The molecule has 0 heterocycles. The van der Waals surface area contributed by atoms with Gasteiger partial charge in [-0.15, -0.1) is 0 Å². The minimum atomic E-state index is -0.712. The number of nitroso groups, excluding NO2 is 2. The normalized spacial score (nSPS) is 11.9. The molecular weight excluding hydrogens is 377 g/mol. The quantitative estimate of drug-likeness (QED) is 0.142. The summed E-state index contributed by atoms with van der Waals surface area (Å²) in [6, 6.07) is 0. The van der Waals surface area contributed by atoms with Crippen LogP contribution in [0.2, 0.25) is 0 Å². The second kappa shape index (κ2) is 18.7. The van der Waals surface area contributed by atoms with Gasteiger partial charge >= 0.3 is 0 Å². The predicted molar refractivity (Wildman–Crippen MR) is 106 cm³/mol. The van der Waals surface area contributed by atoms with Crippen molar-refractivity contribution in [3.63, 3.8) is 0 Å². The molecule has 160 valence electrons. The molecule has 0 unspecified atom stereocenters. The molecule has 27 heavy (non-hydrogen) atoms. The van der Waals surface area contributed by atoms with Crippen LogP contribution in [-0.4, -0.2) is 133 Å². The van der Waals surface area contributed by atoms with Crippen LogP contribution in [0, 0.1) is 9.81 Å². The number of hydrogen-bond acceptors (Lipinski definition) is 11. The Balaban J connectivity index is 5.11. The zero-order valence-electron chi connectivity index (χ0n) is 15.9. The van der Waals surface area contributed by atoms with Gasteiger partial charge in [-0.25, -0.2) is 0 Å². The Bertz CT molecular complexity index is 330. The number of aliphatic hydroxyl groups excluding tert-OH is 4. The van der Waals surface area contributed by atoms with Gasteiger partial charge in [0.2, 0.25) is 0 Å². The van der Waals surface area contributed by atoms with Gasteiger partial charge in [0, 0.05) is 58.1 Å². The van der Waals surface area contributed by atoms with Crippen molar-refractivity contribution in [1.82, 2.24) is 14.7 Å². The van der Waals surface area contributed by atoms with Crippen molar-refractivity contribution in [2.75, 3.05) is 97.6 Å². The van der Waals surface area contributed by atoms with Gasteiger partial charge in [0.25, 0.3) is 0 Å². The lowest BCUT2D eigenvalue weighted by molar-refractivity contribution is 0.171. The van der Waals surface area contributed by atoms with E-state index in [1.54, 1.807) is 0 Å². The molecule has 11 nitrogen and oxygen atoms in total. The maximum Gasteiger partial charge on any atom is 0.0938 e. The zero-order valence-corrected chi connectivity index (χ0v) is 16.8. The average molecular weight is 411 g/mol. The van der Waals surface area contributed by atoms with Crippen molar-refractivity contribution >= 4 is 7.92 Å². The molecule has 0 aliphatic rings. The van der Waals surface area contributed by atoms with E-state index in [4.69, 9.17) is 0 Å². The third kappa shape index (κ3) is 14.1. The molecule has 0 amide bonds. The summed E-state index contributed by atoms with van der Waals surface area (Å²) in [5.74, 6) is 0. The fourth-order valence-corrected chi connectivity index (χ4v) is 5.49. The predicted octanol–water partition coefficient (Wildman–Crippen LogP) is -1.25. The van der Waals surface area contributed by atoms with E-state index in [1.807, 2.05) is 14.7 Å². The van der Waals surface area contributed by atoms with Crippen molar-refractivity contribution in [2.24, 2.45) is 10.4 Å². The molecular formula is C15H34N5O6P. The summed E-state index contributed by atoms with van der Waals surface area (Å²) >= 11 is 0. The first-order valence-electron chi connectivity index (χ1n) is 9.06. The van der Waals surface area contributed by atoms with Crippen LogP contribution in [0.25, 0.3) is 0 Å². The van der Waals surface area contributed by atoms with Gasteiger partial charge in [-0.05, 0) is 0 Å². The van der Waals surface area contributed by atoms with Crippen LogP contribution < -0.4 is 0 Å². The molecule has 12 heteroatoms. The van der Waals surface area contributed by atoms with E-state index in [1.165, 1.54) is 0 Å². The highest BCUT2D eigenvalue weighted by molar-refractivity contribution is 7.57. The maximum absolute atomic E-state index is 10.5. The number of rotatable bonds is 20. The lowest BCUT2D eigenvalue weighted by atomic mass is 10.5. The first kappa shape index (κ1) is 26.4. The molecule has 0 fully saturated rings. The van der Waals surface area contributed by atoms with Gasteiger partial charge in [-0.2, -0.15) is 9.81 Å². The molecule has 0 bridgehead atoms. The molecule has 0 aromatic carbocycles. The van der Waals surface area contributed by atoms with Crippen LogP contribution in [0.15, 0.2) is 10.4 Å². The fraction of sp³-hybridized carbons (Fsp3) is 1.00. The van der Waals surface area contributed by atoms with E-state index in [-0.39, 0.29) is 39.5 Å². The minimum absolute atomic E-state index is 0.0198. The second-order valence-electron chi connectivity index (χ2n) is 6.05. The number of nitrogens with zero attached hydrogens (tertiary/aromatic N) is 5. The lowest BCUT2D eigenvalue weighted by Gasteiger charge is -2.34. The summed E-state index contributed by atoms with van der Waals surface area (Å²) in [6.07, 6.45) is 1.91.